The Morgan fingerprint density at radius 3 is 2.59 bits per heavy atom. The van der Waals surface area contributed by atoms with Gasteiger partial charge in [-0.05, 0) is 25.9 Å². The topological polar surface area (TPSA) is 16.4 Å². The molecule has 0 spiro atoms. The van der Waals surface area contributed by atoms with E-state index in [1.807, 2.05) is 29.1 Å². The predicted molar refractivity (Wildman–Crippen MR) is 70.6 cm³/mol. The van der Waals surface area contributed by atoms with Gasteiger partial charge in [0.25, 0.3) is 6.73 Å². The number of pyridine rings is 1. The molecule has 1 fully saturated rings. The van der Waals surface area contributed by atoms with Crippen molar-refractivity contribution in [3.8, 4) is 0 Å². The Morgan fingerprint density at radius 1 is 1.18 bits per heavy atom. The second kappa shape index (κ2) is 7.09. The van der Waals surface area contributed by atoms with Crippen molar-refractivity contribution in [3.63, 3.8) is 0 Å². The van der Waals surface area contributed by atoms with Crippen LogP contribution < -0.4 is 4.57 Å². The van der Waals surface area contributed by atoms with Crippen LogP contribution in [0, 0.1) is 0 Å². The standard InChI is InChI=1S/C13H20BrN2O/c14-13-4-8-16(9-5-13)12-17-11-10-15-6-2-1-3-7-15/h4-5,8-9H,1-3,6-7,10-12H2/q+1. The van der Waals surface area contributed by atoms with Gasteiger partial charge in [-0.2, -0.15) is 4.57 Å². The van der Waals surface area contributed by atoms with E-state index in [9.17, 15) is 0 Å². The monoisotopic (exact) mass is 299 g/mol. The summed E-state index contributed by atoms with van der Waals surface area (Å²) in [5, 5.41) is 0. The summed E-state index contributed by atoms with van der Waals surface area (Å²) in [5.41, 5.74) is 0. The number of hydrogen-bond acceptors (Lipinski definition) is 2. The molecule has 1 aromatic rings. The molecule has 1 aliphatic heterocycles. The number of ether oxygens (including phenoxy) is 1. The summed E-state index contributed by atoms with van der Waals surface area (Å²) in [4.78, 5) is 2.50. The molecular formula is C13H20BrN2O+. The first-order valence-corrected chi connectivity index (χ1v) is 7.08. The van der Waals surface area contributed by atoms with Gasteiger partial charge in [0.1, 0.15) is 0 Å². The summed E-state index contributed by atoms with van der Waals surface area (Å²) >= 11 is 3.42. The lowest BCUT2D eigenvalue weighted by Gasteiger charge is -2.25. The van der Waals surface area contributed by atoms with E-state index in [1.54, 1.807) is 0 Å². The van der Waals surface area contributed by atoms with Crippen LogP contribution in [0.3, 0.4) is 0 Å². The largest absolute Gasteiger partial charge is 0.322 e. The maximum absolute atomic E-state index is 5.67. The fraction of sp³-hybridized carbons (Fsp3) is 0.615. The Hall–Kier alpha value is -0.450. The molecule has 0 amide bonds. The second-order valence-electron chi connectivity index (χ2n) is 4.47. The van der Waals surface area contributed by atoms with Crippen LogP contribution in [-0.4, -0.2) is 31.1 Å². The lowest BCUT2D eigenvalue weighted by molar-refractivity contribution is -0.732. The minimum Gasteiger partial charge on any atom is -0.322 e. The minimum atomic E-state index is 0.640. The van der Waals surface area contributed by atoms with Crippen molar-refractivity contribution in [2.75, 3.05) is 26.2 Å². The average Bonchev–Trinajstić information content (AvgIpc) is 2.38. The summed E-state index contributed by atoms with van der Waals surface area (Å²) in [6, 6.07) is 4.04. The number of hydrogen-bond donors (Lipinski definition) is 0. The number of halogens is 1. The quantitative estimate of drug-likeness (QED) is 0.612. The first-order chi connectivity index (χ1) is 8.34. The van der Waals surface area contributed by atoms with E-state index in [-0.39, 0.29) is 0 Å². The third kappa shape index (κ3) is 4.74. The summed E-state index contributed by atoms with van der Waals surface area (Å²) < 4.78 is 8.81. The zero-order chi connectivity index (χ0) is 11.9. The summed E-state index contributed by atoms with van der Waals surface area (Å²) in [6.07, 6.45) is 8.13. The predicted octanol–water partition coefficient (Wildman–Crippen LogP) is 2.20. The van der Waals surface area contributed by atoms with Crippen molar-refractivity contribution >= 4 is 15.9 Å². The van der Waals surface area contributed by atoms with E-state index in [0.29, 0.717) is 6.73 Å². The highest BCUT2D eigenvalue weighted by Crippen LogP contribution is 2.07. The van der Waals surface area contributed by atoms with E-state index < -0.39 is 0 Å². The molecule has 0 bridgehead atoms. The number of rotatable bonds is 5. The van der Waals surface area contributed by atoms with Crippen LogP contribution in [0.1, 0.15) is 19.3 Å². The van der Waals surface area contributed by atoms with Gasteiger partial charge < -0.3 is 9.64 Å². The van der Waals surface area contributed by atoms with Gasteiger partial charge in [0, 0.05) is 23.2 Å². The van der Waals surface area contributed by atoms with Crippen molar-refractivity contribution in [2.24, 2.45) is 0 Å². The maximum atomic E-state index is 5.67. The molecule has 0 saturated carbocycles. The molecule has 0 N–H and O–H groups in total. The van der Waals surface area contributed by atoms with E-state index in [2.05, 4.69) is 20.8 Å². The molecule has 0 radical (unpaired) electrons. The summed E-state index contributed by atoms with van der Waals surface area (Å²) in [7, 11) is 0. The smallest absolute Gasteiger partial charge is 0.252 e. The van der Waals surface area contributed by atoms with E-state index in [4.69, 9.17) is 4.74 Å². The molecule has 2 rings (SSSR count). The Kier molecular flexibility index (Phi) is 5.42. The van der Waals surface area contributed by atoms with Crippen molar-refractivity contribution in [1.29, 1.82) is 0 Å². The highest BCUT2D eigenvalue weighted by Gasteiger charge is 2.09. The molecule has 2 heterocycles. The fourth-order valence-electron chi connectivity index (χ4n) is 2.07. The lowest BCUT2D eigenvalue weighted by atomic mass is 10.1. The highest BCUT2D eigenvalue weighted by atomic mass is 79.9. The third-order valence-electron chi connectivity index (χ3n) is 3.09. The zero-order valence-corrected chi connectivity index (χ0v) is 11.7. The Bertz CT molecular complexity index is 323. The SMILES string of the molecule is Brc1cc[n+](COCCN2CCCCC2)cc1. The molecule has 1 aromatic heterocycles. The maximum Gasteiger partial charge on any atom is 0.252 e. The van der Waals surface area contributed by atoms with E-state index >= 15 is 0 Å². The van der Waals surface area contributed by atoms with Crippen molar-refractivity contribution in [3.05, 3.63) is 29.0 Å². The van der Waals surface area contributed by atoms with Gasteiger partial charge in [0.2, 0.25) is 0 Å². The van der Waals surface area contributed by atoms with Crippen LogP contribution in [0.25, 0.3) is 0 Å². The molecule has 4 heteroatoms. The van der Waals surface area contributed by atoms with Crippen LogP contribution in [0.4, 0.5) is 0 Å². The van der Waals surface area contributed by atoms with Gasteiger partial charge in [-0.25, -0.2) is 0 Å². The first kappa shape index (κ1) is 13.0. The fourth-order valence-corrected chi connectivity index (χ4v) is 2.31. The van der Waals surface area contributed by atoms with Crippen molar-refractivity contribution in [2.45, 2.75) is 26.0 Å². The highest BCUT2D eigenvalue weighted by molar-refractivity contribution is 9.10. The lowest BCUT2D eigenvalue weighted by Crippen LogP contribution is -2.37. The minimum absolute atomic E-state index is 0.640. The van der Waals surface area contributed by atoms with Crippen molar-refractivity contribution in [1.82, 2.24) is 4.90 Å². The molecule has 17 heavy (non-hydrogen) atoms. The number of aromatic nitrogens is 1. The number of piperidine rings is 1. The van der Waals surface area contributed by atoms with Crippen molar-refractivity contribution < 1.29 is 9.30 Å². The van der Waals surface area contributed by atoms with Gasteiger partial charge in [0.15, 0.2) is 12.4 Å². The number of likely N-dealkylation sites (tertiary alicyclic amines) is 1. The molecule has 1 aliphatic rings. The van der Waals surface area contributed by atoms with Gasteiger partial charge in [0.05, 0.1) is 6.61 Å². The van der Waals surface area contributed by atoms with Crippen LogP contribution in [0.15, 0.2) is 29.0 Å². The van der Waals surface area contributed by atoms with Crippen LogP contribution in [0.2, 0.25) is 0 Å². The third-order valence-corrected chi connectivity index (χ3v) is 3.62. The van der Waals surface area contributed by atoms with E-state index in [1.165, 1.54) is 32.4 Å². The molecule has 1 saturated heterocycles. The van der Waals surface area contributed by atoms with Gasteiger partial charge in [-0.1, -0.05) is 22.4 Å². The molecule has 0 unspecified atom stereocenters. The molecule has 3 nitrogen and oxygen atoms in total. The van der Waals surface area contributed by atoms with Crippen LogP contribution in [0.5, 0.6) is 0 Å². The summed E-state index contributed by atoms with van der Waals surface area (Å²) in [5.74, 6) is 0. The average molecular weight is 300 g/mol. The molecule has 0 aromatic carbocycles. The zero-order valence-electron chi connectivity index (χ0n) is 10.1. The van der Waals surface area contributed by atoms with Crippen LogP contribution >= 0.6 is 15.9 Å². The molecule has 0 atom stereocenters. The Labute approximate surface area is 112 Å². The van der Waals surface area contributed by atoms with E-state index in [0.717, 1.165) is 17.6 Å². The molecule has 0 aliphatic carbocycles. The second-order valence-corrected chi connectivity index (χ2v) is 5.39. The van der Waals surface area contributed by atoms with Gasteiger partial charge >= 0.3 is 0 Å². The molecule has 94 valence electrons. The first-order valence-electron chi connectivity index (χ1n) is 6.29. The Morgan fingerprint density at radius 2 is 1.88 bits per heavy atom. The number of nitrogens with zero attached hydrogens (tertiary/aromatic N) is 2. The Balaban J connectivity index is 1.60. The summed E-state index contributed by atoms with van der Waals surface area (Å²) in [6.45, 7) is 5.02. The van der Waals surface area contributed by atoms with Gasteiger partial charge in [-0.3, -0.25) is 0 Å². The molecular weight excluding hydrogens is 280 g/mol. The normalized spacial score (nSPS) is 17.2. The van der Waals surface area contributed by atoms with Crippen LogP contribution in [-0.2, 0) is 11.5 Å². The van der Waals surface area contributed by atoms with Gasteiger partial charge in [-0.15, -0.1) is 0 Å².